The fourth-order valence-electron chi connectivity index (χ4n) is 3.08. The molecule has 3 rings (SSSR count). The molecule has 2 N–H and O–H groups in total. The quantitative estimate of drug-likeness (QED) is 0.794. The van der Waals surface area contributed by atoms with Crippen molar-refractivity contribution in [2.45, 2.75) is 12.8 Å². The molecule has 0 radical (unpaired) electrons. The molecule has 1 saturated heterocycles. The van der Waals surface area contributed by atoms with E-state index in [0.29, 0.717) is 24.9 Å². The molecule has 0 saturated carbocycles. The highest BCUT2D eigenvalue weighted by Gasteiger charge is 2.29. The molecule has 1 unspecified atom stereocenters. The molecule has 6 nitrogen and oxygen atoms in total. The number of nitrogens with zero attached hydrogens (tertiary/aromatic N) is 1. The van der Waals surface area contributed by atoms with Crippen LogP contribution in [0, 0.1) is 17.6 Å². The first-order valence-corrected chi connectivity index (χ1v) is 8.85. The Labute approximate surface area is 160 Å². The summed E-state index contributed by atoms with van der Waals surface area (Å²) in [4.78, 5) is 38.4. The predicted molar refractivity (Wildman–Crippen MR) is 97.0 cm³/mol. The van der Waals surface area contributed by atoms with Gasteiger partial charge >= 0.3 is 0 Å². The SMILES string of the molecule is O=C(NNC(=O)C1CCCN(C(=O)c2ccc(F)cc2)C1)c1ccccc1F. The number of halogens is 2. The van der Waals surface area contributed by atoms with E-state index in [1.165, 1.54) is 47.4 Å². The highest BCUT2D eigenvalue weighted by atomic mass is 19.1. The van der Waals surface area contributed by atoms with E-state index in [-0.39, 0.29) is 18.0 Å². The van der Waals surface area contributed by atoms with Gasteiger partial charge in [0.15, 0.2) is 0 Å². The molecule has 1 aliphatic heterocycles. The highest BCUT2D eigenvalue weighted by Crippen LogP contribution is 2.19. The van der Waals surface area contributed by atoms with Gasteiger partial charge in [0, 0.05) is 18.7 Å². The van der Waals surface area contributed by atoms with Gasteiger partial charge in [0.1, 0.15) is 11.6 Å². The first kappa shape index (κ1) is 19.5. The van der Waals surface area contributed by atoms with Crippen molar-refractivity contribution in [2.24, 2.45) is 5.92 Å². The van der Waals surface area contributed by atoms with E-state index in [1.54, 1.807) is 0 Å². The third kappa shape index (κ3) is 4.51. The standard InChI is InChI=1S/C20H19F2N3O3/c21-15-9-7-13(8-10-15)20(28)25-11-3-4-14(12-25)18(26)23-24-19(27)16-5-1-2-6-17(16)22/h1-2,5-10,14H,3-4,11-12H2,(H,23,26)(H,24,27). The molecule has 146 valence electrons. The highest BCUT2D eigenvalue weighted by molar-refractivity contribution is 5.96. The van der Waals surface area contributed by atoms with E-state index in [9.17, 15) is 23.2 Å². The van der Waals surface area contributed by atoms with E-state index in [2.05, 4.69) is 10.9 Å². The number of likely N-dealkylation sites (tertiary alicyclic amines) is 1. The van der Waals surface area contributed by atoms with Crippen LogP contribution in [-0.2, 0) is 4.79 Å². The Balaban J connectivity index is 1.57. The van der Waals surface area contributed by atoms with E-state index in [1.807, 2.05) is 0 Å². The summed E-state index contributed by atoms with van der Waals surface area (Å²) in [6.07, 6.45) is 1.17. The van der Waals surface area contributed by atoms with Crippen molar-refractivity contribution in [3.8, 4) is 0 Å². The van der Waals surface area contributed by atoms with Crippen molar-refractivity contribution >= 4 is 17.7 Å². The minimum absolute atomic E-state index is 0.178. The molecule has 8 heteroatoms. The predicted octanol–water partition coefficient (Wildman–Crippen LogP) is 2.28. The van der Waals surface area contributed by atoms with Crippen LogP contribution in [0.3, 0.4) is 0 Å². The molecule has 28 heavy (non-hydrogen) atoms. The summed E-state index contributed by atoms with van der Waals surface area (Å²) in [6.45, 7) is 0.666. The molecule has 0 aliphatic carbocycles. The number of piperidine rings is 1. The Morgan fingerprint density at radius 1 is 0.964 bits per heavy atom. The number of rotatable bonds is 3. The van der Waals surface area contributed by atoms with E-state index < -0.39 is 29.4 Å². The van der Waals surface area contributed by atoms with Gasteiger partial charge in [-0.1, -0.05) is 12.1 Å². The number of carbonyl (C=O) groups excluding carboxylic acids is 3. The molecular formula is C20H19F2N3O3. The number of nitrogens with one attached hydrogen (secondary N) is 2. The van der Waals surface area contributed by atoms with Gasteiger partial charge in [-0.25, -0.2) is 8.78 Å². The molecular weight excluding hydrogens is 368 g/mol. The summed E-state index contributed by atoms with van der Waals surface area (Å²) in [5, 5.41) is 0. The Kier molecular flexibility index (Phi) is 5.98. The summed E-state index contributed by atoms with van der Waals surface area (Å²) < 4.78 is 26.6. The van der Waals surface area contributed by atoms with Gasteiger partial charge in [-0.05, 0) is 49.2 Å². The second kappa shape index (κ2) is 8.60. The number of hydrogen-bond acceptors (Lipinski definition) is 3. The summed E-state index contributed by atoms with van der Waals surface area (Å²) in [7, 11) is 0. The lowest BCUT2D eigenvalue weighted by Gasteiger charge is -2.32. The maximum absolute atomic E-state index is 13.6. The van der Waals surface area contributed by atoms with Gasteiger partial charge in [0.05, 0.1) is 11.5 Å². The third-order valence-corrected chi connectivity index (χ3v) is 4.59. The topological polar surface area (TPSA) is 78.5 Å². The minimum atomic E-state index is -0.762. The Hall–Kier alpha value is -3.29. The lowest BCUT2D eigenvalue weighted by Crippen LogP contribution is -2.50. The lowest BCUT2D eigenvalue weighted by atomic mass is 9.96. The fraction of sp³-hybridized carbons (Fsp3) is 0.250. The van der Waals surface area contributed by atoms with E-state index in [4.69, 9.17) is 0 Å². The first-order valence-electron chi connectivity index (χ1n) is 8.85. The van der Waals surface area contributed by atoms with Gasteiger partial charge in [-0.3, -0.25) is 25.2 Å². The molecule has 3 amide bonds. The van der Waals surface area contributed by atoms with Crippen LogP contribution in [0.4, 0.5) is 8.78 Å². The normalized spacial score (nSPS) is 16.4. The van der Waals surface area contributed by atoms with Crippen LogP contribution >= 0.6 is 0 Å². The lowest BCUT2D eigenvalue weighted by molar-refractivity contribution is -0.127. The van der Waals surface area contributed by atoms with Gasteiger partial charge in [0.25, 0.3) is 11.8 Å². The largest absolute Gasteiger partial charge is 0.338 e. The molecule has 1 fully saturated rings. The number of amides is 3. The second-order valence-corrected chi connectivity index (χ2v) is 6.52. The van der Waals surface area contributed by atoms with Gasteiger partial charge in [0.2, 0.25) is 5.91 Å². The zero-order valence-corrected chi connectivity index (χ0v) is 15.0. The Morgan fingerprint density at radius 2 is 1.68 bits per heavy atom. The van der Waals surface area contributed by atoms with Crippen LogP contribution in [-0.4, -0.2) is 35.7 Å². The van der Waals surface area contributed by atoms with Crippen molar-refractivity contribution in [3.63, 3.8) is 0 Å². The van der Waals surface area contributed by atoms with Crippen molar-refractivity contribution in [2.75, 3.05) is 13.1 Å². The zero-order valence-electron chi connectivity index (χ0n) is 15.0. The van der Waals surface area contributed by atoms with Crippen LogP contribution in [0.25, 0.3) is 0 Å². The second-order valence-electron chi connectivity index (χ2n) is 6.52. The van der Waals surface area contributed by atoms with Crippen LogP contribution in [0.15, 0.2) is 48.5 Å². The maximum Gasteiger partial charge on any atom is 0.272 e. The molecule has 2 aromatic carbocycles. The zero-order chi connectivity index (χ0) is 20.1. The summed E-state index contributed by atoms with van der Waals surface area (Å²) in [5.74, 6) is -3.14. The smallest absolute Gasteiger partial charge is 0.272 e. The van der Waals surface area contributed by atoms with Crippen LogP contribution < -0.4 is 10.9 Å². The van der Waals surface area contributed by atoms with Crippen molar-refractivity contribution in [3.05, 3.63) is 71.3 Å². The van der Waals surface area contributed by atoms with E-state index >= 15 is 0 Å². The van der Waals surface area contributed by atoms with Crippen molar-refractivity contribution in [1.29, 1.82) is 0 Å². The third-order valence-electron chi connectivity index (χ3n) is 4.59. The summed E-state index contributed by atoms with van der Waals surface area (Å²) >= 11 is 0. The average molecular weight is 387 g/mol. The Morgan fingerprint density at radius 3 is 2.39 bits per heavy atom. The van der Waals surface area contributed by atoms with Crippen molar-refractivity contribution < 1.29 is 23.2 Å². The molecule has 0 aromatic heterocycles. The molecule has 0 spiro atoms. The van der Waals surface area contributed by atoms with Gasteiger partial charge < -0.3 is 4.90 Å². The molecule has 1 heterocycles. The molecule has 1 atom stereocenters. The fourth-order valence-corrected chi connectivity index (χ4v) is 3.08. The maximum atomic E-state index is 13.6. The summed E-state index contributed by atoms with van der Waals surface area (Å²) in [5.41, 5.74) is 4.65. The number of carbonyl (C=O) groups is 3. The van der Waals surface area contributed by atoms with Crippen LogP contribution in [0.1, 0.15) is 33.6 Å². The monoisotopic (exact) mass is 387 g/mol. The van der Waals surface area contributed by atoms with Gasteiger partial charge in [-0.15, -0.1) is 0 Å². The number of hydrazine groups is 1. The van der Waals surface area contributed by atoms with Crippen LogP contribution in [0.2, 0.25) is 0 Å². The first-order chi connectivity index (χ1) is 13.5. The summed E-state index contributed by atoms with van der Waals surface area (Å²) in [6, 6.07) is 10.6. The number of benzene rings is 2. The van der Waals surface area contributed by atoms with Crippen LogP contribution in [0.5, 0.6) is 0 Å². The number of hydrogen-bond donors (Lipinski definition) is 2. The van der Waals surface area contributed by atoms with E-state index in [0.717, 1.165) is 6.07 Å². The molecule has 0 bridgehead atoms. The Bertz CT molecular complexity index is 887. The van der Waals surface area contributed by atoms with Crippen molar-refractivity contribution in [1.82, 2.24) is 15.8 Å². The average Bonchev–Trinajstić information content (AvgIpc) is 2.72. The minimum Gasteiger partial charge on any atom is -0.338 e. The molecule has 1 aliphatic rings. The molecule has 2 aromatic rings. The van der Waals surface area contributed by atoms with Gasteiger partial charge in [-0.2, -0.15) is 0 Å².